The van der Waals surface area contributed by atoms with Gasteiger partial charge in [0.15, 0.2) is 0 Å². The Balaban J connectivity index is 2.29. The van der Waals surface area contributed by atoms with E-state index in [-0.39, 0.29) is 6.09 Å². The molecule has 1 aliphatic carbocycles. The minimum atomic E-state index is -0.311. The van der Waals surface area contributed by atoms with Crippen molar-refractivity contribution >= 4 is 6.09 Å². The Morgan fingerprint density at radius 2 is 2.06 bits per heavy atom. The number of rotatable bonds is 8. The first kappa shape index (κ1) is 14.1. The van der Waals surface area contributed by atoms with Crippen molar-refractivity contribution in [3.05, 3.63) is 12.7 Å². The second kappa shape index (κ2) is 7.36. The molecule has 3 heteroatoms. The molecule has 0 bridgehead atoms. The van der Waals surface area contributed by atoms with Crippen LogP contribution in [0.5, 0.6) is 0 Å². The topological polar surface area (TPSA) is 38.3 Å². The molecule has 0 radical (unpaired) electrons. The average Bonchev–Trinajstić information content (AvgIpc) is 3.02. The molecule has 0 aromatic heterocycles. The van der Waals surface area contributed by atoms with E-state index < -0.39 is 0 Å². The smallest absolute Gasteiger partial charge is 0.406 e. The van der Waals surface area contributed by atoms with Gasteiger partial charge in [0.05, 0.1) is 6.61 Å². The van der Waals surface area contributed by atoms with Crippen LogP contribution in [-0.2, 0) is 4.74 Å². The maximum atomic E-state index is 11.0. The number of nitrogens with one attached hydrogen (secondary N) is 1. The van der Waals surface area contributed by atoms with E-state index in [9.17, 15) is 4.79 Å². The van der Waals surface area contributed by atoms with Gasteiger partial charge in [-0.05, 0) is 37.0 Å². The lowest BCUT2D eigenvalue weighted by atomic mass is 10.1. The molecular formula is C14H25NO2. The molecule has 0 aliphatic heterocycles. The standard InChI is InChI=1S/C14H25NO2/c1-4-6-8-11-12(9-7-5-2)13(11)10-17-14(16)15-3/h4,11-13H,1,5-10H2,2-3H3,(H,15,16)/t11-,12+,13?/m0/s1. The maximum Gasteiger partial charge on any atom is 0.406 e. The molecule has 1 rings (SSSR count). The second-order valence-electron chi connectivity index (χ2n) is 4.85. The molecule has 0 saturated heterocycles. The van der Waals surface area contributed by atoms with Crippen molar-refractivity contribution in [1.82, 2.24) is 5.32 Å². The number of carbonyl (C=O) groups is 1. The van der Waals surface area contributed by atoms with Gasteiger partial charge in [0, 0.05) is 7.05 Å². The van der Waals surface area contributed by atoms with E-state index in [0.717, 1.165) is 18.3 Å². The Hall–Kier alpha value is -0.990. The summed E-state index contributed by atoms with van der Waals surface area (Å²) in [6.45, 7) is 6.56. The molecule has 0 heterocycles. The largest absolute Gasteiger partial charge is 0.449 e. The van der Waals surface area contributed by atoms with Crippen molar-refractivity contribution in [3.63, 3.8) is 0 Å². The predicted molar refractivity (Wildman–Crippen MR) is 69.8 cm³/mol. The average molecular weight is 239 g/mol. The lowest BCUT2D eigenvalue weighted by Gasteiger charge is -2.02. The summed E-state index contributed by atoms with van der Waals surface area (Å²) >= 11 is 0. The maximum absolute atomic E-state index is 11.0. The van der Waals surface area contributed by atoms with Crippen LogP contribution in [-0.4, -0.2) is 19.7 Å². The summed E-state index contributed by atoms with van der Waals surface area (Å²) in [5, 5.41) is 2.49. The van der Waals surface area contributed by atoms with Crippen LogP contribution >= 0.6 is 0 Å². The van der Waals surface area contributed by atoms with Crippen LogP contribution in [0.15, 0.2) is 12.7 Å². The van der Waals surface area contributed by atoms with E-state index in [0.29, 0.717) is 12.5 Å². The Kier molecular flexibility index (Phi) is 6.09. The molecule has 3 atom stereocenters. The monoisotopic (exact) mass is 239 g/mol. The number of alkyl carbamates (subject to hydrolysis) is 1. The lowest BCUT2D eigenvalue weighted by molar-refractivity contribution is 0.139. The van der Waals surface area contributed by atoms with Gasteiger partial charge < -0.3 is 10.1 Å². The van der Waals surface area contributed by atoms with Crippen LogP contribution in [0.1, 0.15) is 39.0 Å². The van der Waals surface area contributed by atoms with Crippen molar-refractivity contribution in [2.24, 2.45) is 17.8 Å². The van der Waals surface area contributed by atoms with Crippen molar-refractivity contribution < 1.29 is 9.53 Å². The first-order chi connectivity index (χ1) is 8.24. The quantitative estimate of drug-likeness (QED) is 0.660. The normalized spacial score (nSPS) is 26.4. The molecule has 1 N–H and O–H groups in total. The third-order valence-electron chi connectivity index (χ3n) is 3.72. The summed E-state index contributed by atoms with van der Waals surface area (Å²) in [6.07, 6.45) is 7.74. The van der Waals surface area contributed by atoms with Crippen LogP contribution in [0.3, 0.4) is 0 Å². The summed E-state index contributed by atoms with van der Waals surface area (Å²) in [4.78, 5) is 11.0. The van der Waals surface area contributed by atoms with Gasteiger partial charge in [-0.2, -0.15) is 0 Å². The number of hydrogen-bond donors (Lipinski definition) is 1. The SMILES string of the molecule is C=CCC[C@@H]1C(COC(=O)NC)[C@@H]1CCCC. The highest BCUT2D eigenvalue weighted by molar-refractivity contribution is 5.66. The fourth-order valence-corrected chi connectivity index (χ4v) is 2.62. The number of carbonyl (C=O) groups excluding carboxylic acids is 1. The van der Waals surface area contributed by atoms with Crippen LogP contribution in [0.25, 0.3) is 0 Å². The van der Waals surface area contributed by atoms with Gasteiger partial charge in [0.2, 0.25) is 0 Å². The highest BCUT2D eigenvalue weighted by Crippen LogP contribution is 2.52. The molecule has 98 valence electrons. The highest BCUT2D eigenvalue weighted by Gasteiger charge is 2.48. The van der Waals surface area contributed by atoms with Gasteiger partial charge >= 0.3 is 6.09 Å². The zero-order valence-corrected chi connectivity index (χ0v) is 11.1. The van der Waals surface area contributed by atoms with E-state index in [1.54, 1.807) is 7.05 Å². The first-order valence-corrected chi connectivity index (χ1v) is 6.70. The molecule has 0 aromatic carbocycles. The number of allylic oxidation sites excluding steroid dienone is 1. The Bertz CT molecular complexity index is 253. The van der Waals surface area contributed by atoms with Crippen LogP contribution in [0.4, 0.5) is 4.79 Å². The van der Waals surface area contributed by atoms with Gasteiger partial charge in [-0.15, -0.1) is 6.58 Å². The van der Waals surface area contributed by atoms with Crippen LogP contribution < -0.4 is 5.32 Å². The first-order valence-electron chi connectivity index (χ1n) is 6.70. The molecule has 1 amide bonds. The summed E-state index contributed by atoms with van der Waals surface area (Å²) in [5.74, 6) is 2.09. The molecular weight excluding hydrogens is 214 g/mol. The summed E-state index contributed by atoms with van der Waals surface area (Å²) in [6, 6.07) is 0. The number of amides is 1. The van der Waals surface area contributed by atoms with Crippen molar-refractivity contribution in [1.29, 1.82) is 0 Å². The van der Waals surface area contributed by atoms with Crippen LogP contribution in [0, 0.1) is 17.8 Å². The predicted octanol–water partition coefficient (Wildman–Crippen LogP) is 3.36. The Morgan fingerprint density at radius 3 is 2.65 bits per heavy atom. The van der Waals surface area contributed by atoms with Crippen molar-refractivity contribution in [3.8, 4) is 0 Å². The fraction of sp³-hybridized carbons (Fsp3) is 0.786. The molecule has 1 fully saturated rings. The van der Waals surface area contributed by atoms with Gasteiger partial charge in [-0.3, -0.25) is 0 Å². The minimum Gasteiger partial charge on any atom is -0.449 e. The zero-order valence-electron chi connectivity index (χ0n) is 11.1. The molecule has 17 heavy (non-hydrogen) atoms. The lowest BCUT2D eigenvalue weighted by Crippen LogP contribution is -2.20. The summed E-state index contributed by atoms with van der Waals surface area (Å²) in [7, 11) is 1.60. The van der Waals surface area contributed by atoms with Gasteiger partial charge in [0.1, 0.15) is 0 Å². The summed E-state index contributed by atoms with van der Waals surface area (Å²) in [5.41, 5.74) is 0. The second-order valence-corrected chi connectivity index (χ2v) is 4.85. The molecule has 0 spiro atoms. The van der Waals surface area contributed by atoms with Crippen molar-refractivity contribution in [2.45, 2.75) is 39.0 Å². The fourth-order valence-electron chi connectivity index (χ4n) is 2.62. The summed E-state index contributed by atoms with van der Waals surface area (Å²) < 4.78 is 5.16. The number of unbranched alkanes of at least 4 members (excludes halogenated alkanes) is 1. The molecule has 3 nitrogen and oxygen atoms in total. The third kappa shape index (κ3) is 4.41. The van der Waals surface area contributed by atoms with E-state index in [1.807, 2.05) is 6.08 Å². The Labute approximate surface area is 105 Å². The third-order valence-corrected chi connectivity index (χ3v) is 3.72. The van der Waals surface area contributed by atoms with E-state index >= 15 is 0 Å². The van der Waals surface area contributed by atoms with Crippen LogP contribution in [0.2, 0.25) is 0 Å². The Morgan fingerprint density at radius 1 is 1.35 bits per heavy atom. The van der Waals surface area contributed by atoms with E-state index in [1.165, 1.54) is 25.7 Å². The zero-order chi connectivity index (χ0) is 12.7. The van der Waals surface area contributed by atoms with Gasteiger partial charge in [-0.25, -0.2) is 4.79 Å². The minimum absolute atomic E-state index is 0.311. The molecule has 0 aromatic rings. The number of hydrogen-bond acceptors (Lipinski definition) is 2. The van der Waals surface area contributed by atoms with E-state index in [4.69, 9.17) is 4.74 Å². The van der Waals surface area contributed by atoms with Crippen molar-refractivity contribution in [2.75, 3.05) is 13.7 Å². The highest BCUT2D eigenvalue weighted by atomic mass is 16.5. The molecule has 1 aliphatic rings. The number of ether oxygens (including phenoxy) is 1. The van der Waals surface area contributed by atoms with E-state index in [2.05, 4.69) is 18.8 Å². The van der Waals surface area contributed by atoms with Gasteiger partial charge in [0.25, 0.3) is 0 Å². The molecule has 1 saturated carbocycles. The molecule has 1 unspecified atom stereocenters. The van der Waals surface area contributed by atoms with Gasteiger partial charge in [-0.1, -0.05) is 25.8 Å².